The van der Waals surface area contributed by atoms with Gasteiger partial charge in [0.1, 0.15) is 5.82 Å². The Morgan fingerprint density at radius 3 is 2.43 bits per heavy atom. The van der Waals surface area contributed by atoms with E-state index < -0.39 is 29.0 Å². The van der Waals surface area contributed by atoms with Crippen LogP contribution in [0.25, 0.3) is 0 Å². The van der Waals surface area contributed by atoms with Crippen molar-refractivity contribution in [1.29, 1.82) is 0 Å². The number of primary amides is 1. The number of hydrogen-bond acceptors (Lipinski definition) is 3. The van der Waals surface area contributed by atoms with E-state index in [9.17, 15) is 18.8 Å². The molecular weight excluding hydrogens is 279 g/mol. The number of aliphatic carboxylic acids is 1. The van der Waals surface area contributed by atoms with Crippen LogP contribution in [0.15, 0.2) is 18.2 Å². The summed E-state index contributed by atoms with van der Waals surface area (Å²) in [4.78, 5) is 33.6. The van der Waals surface area contributed by atoms with Gasteiger partial charge in [-0.3, -0.25) is 14.4 Å². The Labute approximate surface area is 121 Å². The molecule has 0 aliphatic carbocycles. The predicted molar refractivity (Wildman–Crippen MR) is 74.2 cm³/mol. The van der Waals surface area contributed by atoms with Crippen LogP contribution < -0.4 is 11.1 Å². The summed E-state index contributed by atoms with van der Waals surface area (Å²) in [5.41, 5.74) is 4.21. The van der Waals surface area contributed by atoms with E-state index in [1.807, 2.05) is 0 Å². The lowest BCUT2D eigenvalue weighted by Crippen LogP contribution is -2.25. The maximum Gasteiger partial charge on any atom is 0.303 e. The summed E-state index contributed by atoms with van der Waals surface area (Å²) in [6, 6.07) is 3.37. The largest absolute Gasteiger partial charge is 0.481 e. The lowest BCUT2D eigenvalue weighted by Gasteiger charge is -2.21. The number of carboxylic acids is 1. The van der Waals surface area contributed by atoms with Crippen LogP contribution >= 0.6 is 0 Å². The Bertz CT molecular complexity index is 584. The summed E-state index contributed by atoms with van der Waals surface area (Å²) in [5, 5.41) is 11.1. The molecule has 0 saturated carbocycles. The Hall–Kier alpha value is -2.44. The van der Waals surface area contributed by atoms with Crippen molar-refractivity contribution in [2.75, 3.05) is 5.32 Å². The number of anilines is 1. The van der Waals surface area contributed by atoms with Crippen LogP contribution in [-0.4, -0.2) is 22.9 Å². The van der Waals surface area contributed by atoms with Crippen LogP contribution in [0.3, 0.4) is 0 Å². The third-order valence-electron chi connectivity index (χ3n) is 2.79. The Balaban J connectivity index is 2.81. The van der Waals surface area contributed by atoms with Crippen molar-refractivity contribution in [1.82, 2.24) is 0 Å². The molecule has 0 heterocycles. The van der Waals surface area contributed by atoms with Gasteiger partial charge in [-0.15, -0.1) is 0 Å². The van der Waals surface area contributed by atoms with E-state index >= 15 is 0 Å². The predicted octanol–water partition coefficient (Wildman–Crippen LogP) is 1.75. The molecule has 0 saturated heterocycles. The quantitative estimate of drug-likeness (QED) is 0.742. The molecular formula is C14H17FN2O4. The van der Waals surface area contributed by atoms with Gasteiger partial charge in [-0.05, 0) is 23.6 Å². The van der Waals surface area contributed by atoms with Crippen molar-refractivity contribution in [3.63, 3.8) is 0 Å². The number of carbonyl (C=O) groups excluding carboxylic acids is 2. The molecule has 2 amide bonds. The highest BCUT2D eigenvalue weighted by atomic mass is 19.1. The number of nitrogens with two attached hydrogens (primary N) is 1. The minimum absolute atomic E-state index is 0.0662. The fourth-order valence-electron chi connectivity index (χ4n) is 1.88. The van der Waals surface area contributed by atoms with E-state index in [0.29, 0.717) is 0 Å². The van der Waals surface area contributed by atoms with Crippen LogP contribution in [0.4, 0.5) is 10.1 Å². The Morgan fingerprint density at radius 2 is 1.90 bits per heavy atom. The van der Waals surface area contributed by atoms with Gasteiger partial charge in [0.15, 0.2) is 0 Å². The molecule has 6 nitrogen and oxygen atoms in total. The molecule has 0 bridgehead atoms. The number of carboxylic acid groups (broad SMARTS) is 1. The lowest BCUT2D eigenvalue weighted by atomic mass is 9.85. The smallest absolute Gasteiger partial charge is 0.303 e. The first-order chi connectivity index (χ1) is 9.60. The number of halogens is 1. The first-order valence-corrected chi connectivity index (χ1v) is 6.22. The molecule has 1 aromatic rings. The molecule has 0 radical (unpaired) electrons. The monoisotopic (exact) mass is 296 g/mol. The van der Waals surface area contributed by atoms with Gasteiger partial charge in [0.05, 0.1) is 12.1 Å². The molecule has 1 aromatic carbocycles. The third-order valence-corrected chi connectivity index (χ3v) is 2.79. The average Bonchev–Trinajstić information content (AvgIpc) is 2.28. The molecule has 7 heteroatoms. The van der Waals surface area contributed by atoms with Gasteiger partial charge in [0.2, 0.25) is 11.8 Å². The van der Waals surface area contributed by atoms with Crippen LogP contribution in [0.1, 0.15) is 37.0 Å². The summed E-state index contributed by atoms with van der Waals surface area (Å²) in [5.74, 6) is -3.00. The van der Waals surface area contributed by atoms with Crippen LogP contribution in [0, 0.1) is 11.2 Å². The molecule has 0 atom stereocenters. The Morgan fingerprint density at radius 1 is 1.29 bits per heavy atom. The molecule has 0 aliphatic rings. The molecule has 0 unspecified atom stereocenters. The summed E-state index contributed by atoms with van der Waals surface area (Å²) in [6.45, 7) is 3.24. The van der Waals surface area contributed by atoms with Crippen LogP contribution in [-0.2, 0) is 9.59 Å². The van der Waals surface area contributed by atoms with E-state index in [1.54, 1.807) is 13.8 Å². The summed E-state index contributed by atoms with van der Waals surface area (Å²) >= 11 is 0. The molecule has 0 fully saturated rings. The molecule has 4 N–H and O–H groups in total. The van der Waals surface area contributed by atoms with Gasteiger partial charge >= 0.3 is 5.97 Å². The van der Waals surface area contributed by atoms with E-state index in [4.69, 9.17) is 10.8 Å². The number of carbonyl (C=O) groups is 3. The molecule has 1 rings (SSSR count). The SMILES string of the molecule is CC(C)(CC(=O)O)CC(=O)Nc1cc(C(N)=O)ccc1F. The number of hydrogen-bond donors (Lipinski definition) is 3. The molecule has 0 spiro atoms. The van der Waals surface area contributed by atoms with E-state index in [0.717, 1.165) is 12.1 Å². The normalized spacial score (nSPS) is 11.0. The van der Waals surface area contributed by atoms with Gasteiger partial charge in [-0.1, -0.05) is 13.8 Å². The highest BCUT2D eigenvalue weighted by molar-refractivity contribution is 5.96. The highest BCUT2D eigenvalue weighted by Gasteiger charge is 2.25. The standard InChI is InChI=1S/C14H17FN2O4/c1-14(2,7-12(19)20)6-11(18)17-10-5-8(13(16)21)3-4-9(10)15/h3-5H,6-7H2,1-2H3,(H2,16,21)(H,17,18)(H,19,20). The highest BCUT2D eigenvalue weighted by Crippen LogP contribution is 2.26. The van der Waals surface area contributed by atoms with Crippen molar-refractivity contribution >= 4 is 23.5 Å². The minimum Gasteiger partial charge on any atom is -0.481 e. The fraction of sp³-hybridized carbons (Fsp3) is 0.357. The number of amides is 2. The maximum absolute atomic E-state index is 13.6. The van der Waals surface area contributed by atoms with Crippen molar-refractivity contribution in [3.8, 4) is 0 Å². The summed E-state index contributed by atoms with van der Waals surface area (Å²) < 4.78 is 13.6. The van der Waals surface area contributed by atoms with E-state index in [-0.39, 0.29) is 24.1 Å². The van der Waals surface area contributed by atoms with E-state index in [1.165, 1.54) is 6.07 Å². The average molecular weight is 296 g/mol. The van der Waals surface area contributed by atoms with Gasteiger partial charge in [0, 0.05) is 12.0 Å². The first-order valence-electron chi connectivity index (χ1n) is 6.22. The van der Waals surface area contributed by atoms with Crippen molar-refractivity contribution in [2.24, 2.45) is 11.1 Å². The fourth-order valence-corrected chi connectivity index (χ4v) is 1.88. The second-order valence-corrected chi connectivity index (χ2v) is 5.52. The number of rotatable bonds is 6. The number of benzene rings is 1. The minimum atomic E-state index is -1.02. The second kappa shape index (κ2) is 6.34. The lowest BCUT2D eigenvalue weighted by molar-refractivity contribution is -0.139. The molecule has 0 aromatic heterocycles. The first kappa shape index (κ1) is 16.6. The van der Waals surface area contributed by atoms with E-state index in [2.05, 4.69) is 5.32 Å². The molecule has 114 valence electrons. The topological polar surface area (TPSA) is 109 Å². The third kappa shape index (κ3) is 5.21. The van der Waals surface area contributed by atoms with Crippen LogP contribution in [0.5, 0.6) is 0 Å². The number of nitrogens with one attached hydrogen (secondary N) is 1. The van der Waals surface area contributed by atoms with Crippen LogP contribution in [0.2, 0.25) is 0 Å². The second-order valence-electron chi connectivity index (χ2n) is 5.52. The van der Waals surface area contributed by atoms with Crippen molar-refractivity contribution in [3.05, 3.63) is 29.6 Å². The van der Waals surface area contributed by atoms with Gasteiger partial charge in [-0.2, -0.15) is 0 Å². The zero-order chi connectivity index (χ0) is 16.2. The van der Waals surface area contributed by atoms with Gasteiger partial charge < -0.3 is 16.2 Å². The zero-order valence-corrected chi connectivity index (χ0v) is 11.8. The van der Waals surface area contributed by atoms with Gasteiger partial charge in [-0.25, -0.2) is 4.39 Å². The van der Waals surface area contributed by atoms with Gasteiger partial charge in [0.25, 0.3) is 0 Å². The van der Waals surface area contributed by atoms with Crippen molar-refractivity contribution in [2.45, 2.75) is 26.7 Å². The van der Waals surface area contributed by atoms with Crippen molar-refractivity contribution < 1.29 is 23.9 Å². The molecule has 0 aliphatic heterocycles. The maximum atomic E-state index is 13.6. The Kier molecular flexibility index (Phi) is 5.02. The zero-order valence-electron chi connectivity index (χ0n) is 11.8. The molecule has 21 heavy (non-hydrogen) atoms. The summed E-state index contributed by atoms with van der Waals surface area (Å²) in [7, 11) is 0. The summed E-state index contributed by atoms with van der Waals surface area (Å²) in [6.07, 6.45) is -0.288.